The molecule has 29 heavy (non-hydrogen) atoms. The molecule has 156 valence electrons. The minimum atomic E-state index is -1.34. The van der Waals surface area contributed by atoms with Gasteiger partial charge in [-0.2, -0.15) is 0 Å². The molecule has 0 aromatic heterocycles. The van der Waals surface area contributed by atoms with Gasteiger partial charge in [0.05, 0.1) is 6.04 Å². The Morgan fingerprint density at radius 3 is 2.59 bits per heavy atom. The summed E-state index contributed by atoms with van der Waals surface area (Å²) in [5.74, 6) is -2.69. The fourth-order valence-corrected chi connectivity index (χ4v) is 4.04. The summed E-state index contributed by atoms with van der Waals surface area (Å²) in [7, 11) is 0. The zero-order valence-electron chi connectivity index (χ0n) is 16.3. The number of benzene rings is 1. The number of aliphatic carboxylic acids is 1. The van der Waals surface area contributed by atoms with Crippen LogP contribution in [0.15, 0.2) is 24.3 Å². The van der Waals surface area contributed by atoms with Crippen LogP contribution in [0, 0.1) is 5.82 Å². The lowest BCUT2D eigenvalue weighted by molar-refractivity contribution is -0.305. The first-order chi connectivity index (χ1) is 13.7. The van der Waals surface area contributed by atoms with E-state index in [4.69, 9.17) is 0 Å². The Morgan fingerprint density at radius 1 is 1.24 bits per heavy atom. The van der Waals surface area contributed by atoms with Crippen LogP contribution in [0.1, 0.15) is 38.7 Å². The Labute approximate surface area is 167 Å². The number of hydrogen-bond donors (Lipinski definition) is 0. The smallest absolute Gasteiger partial charge is 0.327 e. The molecule has 0 aliphatic carbocycles. The van der Waals surface area contributed by atoms with E-state index < -0.39 is 54.2 Å². The quantitative estimate of drug-likeness (QED) is 0.687. The van der Waals surface area contributed by atoms with Crippen molar-refractivity contribution in [2.75, 3.05) is 6.54 Å². The second-order valence-electron chi connectivity index (χ2n) is 7.60. The highest BCUT2D eigenvalue weighted by Gasteiger charge is 2.53. The molecule has 0 spiro atoms. The van der Waals surface area contributed by atoms with Gasteiger partial charge >= 0.3 is 6.03 Å². The lowest BCUT2D eigenvalue weighted by atomic mass is 10.0. The number of fused-ring (bicyclic) bond motifs is 1. The number of carbonyl (C=O) groups is 4. The van der Waals surface area contributed by atoms with Crippen molar-refractivity contribution in [1.29, 1.82) is 0 Å². The van der Waals surface area contributed by atoms with Crippen LogP contribution in [0.3, 0.4) is 0 Å². The van der Waals surface area contributed by atoms with Crippen LogP contribution in [-0.2, 0) is 20.9 Å². The molecule has 9 heteroatoms. The standard InChI is InChI=1S/C20H24FN3O5/c1-12(2)24-19(28)18-15(8-9-22(18)16(25)6-7-17(26)27)23(20(24)29)11-13-4-3-5-14(21)10-13/h3-5,10,12,15,18H,6-9,11H2,1-2H3,(H,26,27)/p-1/t15-,18+/m1/s1. The summed E-state index contributed by atoms with van der Waals surface area (Å²) >= 11 is 0. The number of carbonyl (C=O) groups excluding carboxylic acids is 4. The third-order valence-corrected chi connectivity index (χ3v) is 5.33. The molecule has 0 saturated carbocycles. The molecule has 2 heterocycles. The molecule has 4 amide bonds. The molecule has 0 radical (unpaired) electrons. The maximum Gasteiger partial charge on any atom is 0.327 e. The van der Waals surface area contributed by atoms with E-state index in [1.807, 2.05) is 0 Å². The Morgan fingerprint density at radius 2 is 1.97 bits per heavy atom. The fourth-order valence-electron chi connectivity index (χ4n) is 4.04. The van der Waals surface area contributed by atoms with Crippen LogP contribution in [-0.4, -0.2) is 63.2 Å². The maximum absolute atomic E-state index is 13.6. The van der Waals surface area contributed by atoms with Crippen molar-refractivity contribution in [3.05, 3.63) is 35.6 Å². The first-order valence-electron chi connectivity index (χ1n) is 9.58. The van der Waals surface area contributed by atoms with Gasteiger partial charge in [-0.3, -0.25) is 14.5 Å². The van der Waals surface area contributed by atoms with Crippen molar-refractivity contribution < 1.29 is 28.7 Å². The topological polar surface area (TPSA) is 101 Å². The van der Waals surface area contributed by atoms with Crippen molar-refractivity contribution in [2.24, 2.45) is 0 Å². The SMILES string of the molecule is CC(C)N1C(=O)[C@@H]2[C@@H](CCN2C(=O)CCC(=O)[O-])N(Cc2cccc(F)c2)C1=O. The van der Waals surface area contributed by atoms with Crippen molar-refractivity contribution >= 4 is 23.8 Å². The summed E-state index contributed by atoms with van der Waals surface area (Å²) in [6.45, 7) is 3.75. The third kappa shape index (κ3) is 4.08. The number of carboxylic acid groups (broad SMARTS) is 1. The highest BCUT2D eigenvalue weighted by molar-refractivity contribution is 6.02. The van der Waals surface area contributed by atoms with Crippen molar-refractivity contribution in [3.63, 3.8) is 0 Å². The molecular weight excluding hydrogens is 381 g/mol. The molecule has 2 fully saturated rings. The minimum absolute atomic E-state index is 0.106. The minimum Gasteiger partial charge on any atom is -0.550 e. The average molecular weight is 404 g/mol. The first-order valence-corrected chi connectivity index (χ1v) is 9.58. The number of amides is 4. The Hall–Kier alpha value is -2.97. The van der Waals surface area contributed by atoms with E-state index >= 15 is 0 Å². The zero-order chi connectivity index (χ0) is 21.3. The average Bonchev–Trinajstić information content (AvgIpc) is 3.08. The van der Waals surface area contributed by atoms with Gasteiger partial charge in [0.15, 0.2) is 0 Å². The van der Waals surface area contributed by atoms with E-state index in [-0.39, 0.29) is 19.5 Å². The van der Waals surface area contributed by atoms with Crippen molar-refractivity contribution in [1.82, 2.24) is 14.7 Å². The van der Waals surface area contributed by atoms with Gasteiger partial charge in [-0.25, -0.2) is 9.18 Å². The van der Waals surface area contributed by atoms with Gasteiger partial charge in [0, 0.05) is 31.5 Å². The van der Waals surface area contributed by atoms with Crippen LogP contribution in [0.2, 0.25) is 0 Å². The molecule has 0 bridgehead atoms. The van der Waals surface area contributed by atoms with Crippen LogP contribution >= 0.6 is 0 Å². The van der Waals surface area contributed by atoms with E-state index in [0.29, 0.717) is 12.0 Å². The highest BCUT2D eigenvalue weighted by atomic mass is 19.1. The summed E-state index contributed by atoms with van der Waals surface area (Å²) in [5, 5.41) is 10.7. The number of imide groups is 1. The largest absolute Gasteiger partial charge is 0.550 e. The lowest BCUT2D eigenvalue weighted by Gasteiger charge is -2.45. The Kier molecular flexibility index (Phi) is 5.86. The maximum atomic E-state index is 13.6. The summed E-state index contributed by atoms with van der Waals surface area (Å²) in [6, 6.07) is 3.56. The molecule has 2 atom stereocenters. The predicted molar refractivity (Wildman–Crippen MR) is 97.5 cm³/mol. The van der Waals surface area contributed by atoms with Crippen molar-refractivity contribution in [3.8, 4) is 0 Å². The van der Waals surface area contributed by atoms with Crippen LogP contribution < -0.4 is 5.11 Å². The summed E-state index contributed by atoms with van der Waals surface area (Å²) in [5.41, 5.74) is 0.580. The van der Waals surface area contributed by atoms with Crippen LogP contribution in [0.4, 0.5) is 9.18 Å². The predicted octanol–water partition coefficient (Wildman–Crippen LogP) is 0.498. The monoisotopic (exact) mass is 404 g/mol. The second kappa shape index (κ2) is 8.18. The normalized spacial score (nSPS) is 21.7. The molecule has 1 aromatic rings. The van der Waals surface area contributed by atoms with Gasteiger partial charge in [0.2, 0.25) is 5.91 Å². The third-order valence-electron chi connectivity index (χ3n) is 5.33. The molecular formula is C20H23FN3O5-. The summed E-state index contributed by atoms with van der Waals surface area (Å²) in [6.07, 6.45) is -0.306. The molecule has 1 aromatic carbocycles. The van der Waals surface area contributed by atoms with Crippen LogP contribution in [0.5, 0.6) is 0 Å². The molecule has 3 rings (SSSR count). The summed E-state index contributed by atoms with van der Waals surface area (Å²) < 4.78 is 13.6. The number of halogens is 1. The first kappa shape index (κ1) is 20.8. The fraction of sp³-hybridized carbons (Fsp3) is 0.500. The molecule has 2 saturated heterocycles. The van der Waals surface area contributed by atoms with E-state index in [0.717, 1.165) is 4.90 Å². The number of hydrogen-bond acceptors (Lipinski definition) is 5. The molecule has 2 aliphatic heterocycles. The van der Waals surface area contributed by atoms with Crippen LogP contribution in [0.25, 0.3) is 0 Å². The number of rotatable bonds is 6. The van der Waals surface area contributed by atoms with Gasteiger partial charge in [0.25, 0.3) is 5.91 Å². The molecule has 8 nitrogen and oxygen atoms in total. The van der Waals surface area contributed by atoms with E-state index in [1.165, 1.54) is 21.9 Å². The Balaban J connectivity index is 1.90. The Bertz CT molecular complexity index is 843. The highest BCUT2D eigenvalue weighted by Crippen LogP contribution is 2.33. The number of nitrogens with zero attached hydrogens (tertiary/aromatic N) is 3. The number of carboxylic acids is 1. The van der Waals surface area contributed by atoms with E-state index in [9.17, 15) is 28.7 Å². The summed E-state index contributed by atoms with van der Waals surface area (Å²) in [4.78, 5) is 53.3. The molecule has 0 N–H and O–H groups in total. The molecule has 0 unspecified atom stereocenters. The van der Waals surface area contributed by atoms with E-state index in [2.05, 4.69) is 0 Å². The van der Waals surface area contributed by atoms with Gasteiger partial charge < -0.3 is 19.7 Å². The number of likely N-dealkylation sites (tertiary alicyclic amines) is 1. The zero-order valence-corrected chi connectivity index (χ0v) is 16.3. The second-order valence-corrected chi connectivity index (χ2v) is 7.60. The van der Waals surface area contributed by atoms with Gasteiger partial charge in [-0.1, -0.05) is 12.1 Å². The molecule has 2 aliphatic rings. The lowest BCUT2D eigenvalue weighted by Crippen LogP contribution is -2.66. The van der Waals surface area contributed by atoms with Gasteiger partial charge in [-0.15, -0.1) is 0 Å². The van der Waals surface area contributed by atoms with Crippen molar-refractivity contribution in [2.45, 2.75) is 57.8 Å². The van der Waals surface area contributed by atoms with Gasteiger partial charge in [-0.05, 0) is 44.4 Å². The van der Waals surface area contributed by atoms with Gasteiger partial charge in [0.1, 0.15) is 11.9 Å². The number of urea groups is 1. The van der Waals surface area contributed by atoms with E-state index in [1.54, 1.807) is 26.0 Å².